The molecule has 0 aromatic carbocycles. The van der Waals surface area contributed by atoms with Crippen LogP contribution in [0, 0.1) is 0 Å². The minimum absolute atomic E-state index is 0.146. The number of aromatic nitrogens is 1. The molecule has 0 N–H and O–H groups in total. The van der Waals surface area contributed by atoms with Crippen LogP contribution in [-0.4, -0.2) is 10.4 Å². The van der Waals surface area contributed by atoms with Gasteiger partial charge in [0.2, 0.25) is 0 Å². The van der Waals surface area contributed by atoms with Gasteiger partial charge in [-0.15, -0.1) is 11.6 Å². The Morgan fingerprint density at radius 3 is 2.75 bits per heavy atom. The summed E-state index contributed by atoms with van der Waals surface area (Å²) in [6.45, 7) is 0. The molecule has 0 aliphatic rings. The first-order chi connectivity index (χ1) is 7.84. The van der Waals surface area contributed by atoms with Crippen molar-refractivity contribution in [2.24, 2.45) is 0 Å². The standard InChI is InChI=1S/C13H14ClNO/c14-12(3-4-13-2-1-9-16-13)10-11-5-7-15-8-6-11/h1-2,5-9,12H,3-4,10H2. The molecule has 0 bridgehead atoms. The number of alkyl halides is 1. The minimum Gasteiger partial charge on any atom is -0.469 e. The molecule has 1 unspecified atom stereocenters. The molecule has 0 saturated carbocycles. The van der Waals surface area contributed by atoms with Gasteiger partial charge < -0.3 is 4.42 Å². The number of rotatable bonds is 5. The van der Waals surface area contributed by atoms with Crippen LogP contribution in [0.2, 0.25) is 0 Å². The predicted octanol–water partition coefficient (Wildman–Crippen LogP) is 3.46. The van der Waals surface area contributed by atoms with Crippen molar-refractivity contribution in [1.82, 2.24) is 4.98 Å². The summed E-state index contributed by atoms with van der Waals surface area (Å²) in [6.07, 6.45) is 7.99. The first kappa shape index (κ1) is 11.2. The van der Waals surface area contributed by atoms with Crippen LogP contribution in [0.3, 0.4) is 0 Å². The molecule has 1 atom stereocenters. The summed E-state index contributed by atoms with van der Waals surface area (Å²) in [5.74, 6) is 1.00. The maximum atomic E-state index is 6.27. The van der Waals surface area contributed by atoms with E-state index in [2.05, 4.69) is 4.98 Å². The van der Waals surface area contributed by atoms with Gasteiger partial charge in [-0.2, -0.15) is 0 Å². The van der Waals surface area contributed by atoms with Crippen molar-refractivity contribution in [3.05, 3.63) is 54.2 Å². The second-order valence-electron chi connectivity index (χ2n) is 3.77. The summed E-state index contributed by atoms with van der Waals surface area (Å²) in [7, 11) is 0. The lowest BCUT2D eigenvalue weighted by Gasteiger charge is -2.07. The number of nitrogens with zero attached hydrogens (tertiary/aromatic N) is 1. The molecule has 0 aliphatic heterocycles. The zero-order valence-corrected chi connectivity index (χ0v) is 9.73. The first-order valence-electron chi connectivity index (χ1n) is 5.40. The third-order valence-corrected chi connectivity index (χ3v) is 2.86. The lowest BCUT2D eigenvalue weighted by molar-refractivity contribution is 0.499. The van der Waals surface area contributed by atoms with Crippen LogP contribution in [0.4, 0.5) is 0 Å². The highest BCUT2D eigenvalue weighted by Gasteiger charge is 2.07. The Morgan fingerprint density at radius 1 is 1.25 bits per heavy atom. The molecule has 3 heteroatoms. The minimum atomic E-state index is 0.146. The number of furan rings is 1. The van der Waals surface area contributed by atoms with Crippen molar-refractivity contribution in [3.8, 4) is 0 Å². The molecular weight excluding hydrogens is 222 g/mol. The zero-order valence-electron chi connectivity index (χ0n) is 8.97. The molecule has 84 valence electrons. The van der Waals surface area contributed by atoms with Crippen LogP contribution in [0.1, 0.15) is 17.7 Å². The van der Waals surface area contributed by atoms with Crippen LogP contribution >= 0.6 is 11.6 Å². The monoisotopic (exact) mass is 235 g/mol. The number of aryl methyl sites for hydroxylation is 1. The predicted molar refractivity (Wildman–Crippen MR) is 64.6 cm³/mol. The highest BCUT2D eigenvalue weighted by Crippen LogP contribution is 2.14. The Kier molecular flexibility index (Phi) is 4.00. The molecule has 2 nitrogen and oxygen atoms in total. The van der Waals surface area contributed by atoms with Crippen LogP contribution in [0.25, 0.3) is 0 Å². The van der Waals surface area contributed by atoms with E-state index in [0.717, 1.165) is 25.0 Å². The quantitative estimate of drug-likeness (QED) is 0.742. The summed E-state index contributed by atoms with van der Waals surface area (Å²) in [6, 6.07) is 7.89. The van der Waals surface area contributed by atoms with E-state index in [1.807, 2.05) is 24.3 Å². The summed E-state index contributed by atoms with van der Waals surface area (Å²) in [5, 5.41) is 0.146. The summed E-state index contributed by atoms with van der Waals surface area (Å²) in [5.41, 5.74) is 1.23. The van der Waals surface area contributed by atoms with Crippen LogP contribution < -0.4 is 0 Å². The number of halogens is 1. The zero-order chi connectivity index (χ0) is 11.2. The first-order valence-corrected chi connectivity index (χ1v) is 5.83. The average molecular weight is 236 g/mol. The molecular formula is C13H14ClNO. The second-order valence-corrected chi connectivity index (χ2v) is 4.39. The Bertz CT molecular complexity index is 399. The van der Waals surface area contributed by atoms with E-state index in [-0.39, 0.29) is 5.38 Å². The van der Waals surface area contributed by atoms with Gasteiger partial charge in [0.05, 0.1) is 6.26 Å². The topological polar surface area (TPSA) is 26.0 Å². The van der Waals surface area contributed by atoms with E-state index in [4.69, 9.17) is 16.0 Å². The van der Waals surface area contributed by atoms with Crippen molar-refractivity contribution in [3.63, 3.8) is 0 Å². The van der Waals surface area contributed by atoms with E-state index >= 15 is 0 Å². The van der Waals surface area contributed by atoms with Gasteiger partial charge in [-0.1, -0.05) is 0 Å². The molecule has 2 aromatic rings. The van der Waals surface area contributed by atoms with Crippen LogP contribution in [0.5, 0.6) is 0 Å². The third-order valence-electron chi connectivity index (χ3n) is 2.49. The molecule has 2 aromatic heterocycles. The van der Waals surface area contributed by atoms with Gasteiger partial charge in [-0.05, 0) is 42.7 Å². The summed E-state index contributed by atoms with van der Waals surface area (Å²) < 4.78 is 5.27. The van der Waals surface area contributed by atoms with Gasteiger partial charge in [-0.3, -0.25) is 4.98 Å². The van der Waals surface area contributed by atoms with Gasteiger partial charge in [0, 0.05) is 24.2 Å². The van der Waals surface area contributed by atoms with Crippen molar-refractivity contribution in [2.75, 3.05) is 0 Å². The highest BCUT2D eigenvalue weighted by atomic mass is 35.5. The number of hydrogen-bond acceptors (Lipinski definition) is 2. The maximum Gasteiger partial charge on any atom is 0.103 e. The number of hydrogen-bond donors (Lipinski definition) is 0. The molecule has 0 fully saturated rings. The molecule has 2 rings (SSSR count). The Balaban J connectivity index is 1.78. The fraction of sp³-hybridized carbons (Fsp3) is 0.308. The van der Waals surface area contributed by atoms with E-state index in [1.54, 1.807) is 18.7 Å². The SMILES string of the molecule is ClC(CCc1ccco1)Cc1ccncc1. The fourth-order valence-electron chi connectivity index (χ4n) is 1.63. The van der Waals surface area contributed by atoms with Gasteiger partial charge in [0.25, 0.3) is 0 Å². The largest absolute Gasteiger partial charge is 0.469 e. The Labute approximate surface area is 100 Å². The molecule has 0 saturated heterocycles. The molecule has 16 heavy (non-hydrogen) atoms. The van der Waals surface area contributed by atoms with Gasteiger partial charge in [0.1, 0.15) is 5.76 Å². The van der Waals surface area contributed by atoms with Gasteiger partial charge in [-0.25, -0.2) is 0 Å². The highest BCUT2D eigenvalue weighted by molar-refractivity contribution is 6.20. The van der Waals surface area contributed by atoms with E-state index < -0.39 is 0 Å². The van der Waals surface area contributed by atoms with Crippen LogP contribution in [0.15, 0.2) is 47.3 Å². The Morgan fingerprint density at radius 2 is 2.06 bits per heavy atom. The second kappa shape index (κ2) is 5.71. The molecule has 0 radical (unpaired) electrons. The Hall–Kier alpha value is -1.28. The molecule has 0 aliphatic carbocycles. The lowest BCUT2D eigenvalue weighted by atomic mass is 10.1. The van der Waals surface area contributed by atoms with Crippen LogP contribution in [-0.2, 0) is 12.8 Å². The summed E-state index contributed by atoms with van der Waals surface area (Å²) >= 11 is 6.27. The fourth-order valence-corrected chi connectivity index (χ4v) is 1.92. The van der Waals surface area contributed by atoms with E-state index in [9.17, 15) is 0 Å². The normalized spacial score (nSPS) is 12.6. The maximum absolute atomic E-state index is 6.27. The summed E-state index contributed by atoms with van der Waals surface area (Å²) in [4.78, 5) is 3.98. The number of pyridine rings is 1. The van der Waals surface area contributed by atoms with E-state index in [1.165, 1.54) is 5.56 Å². The van der Waals surface area contributed by atoms with Crippen molar-refractivity contribution < 1.29 is 4.42 Å². The van der Waals surface area contributed by atoms with Crippen molar-refractivity contribution in [2.45, 2.75) is 24.6 Å². The van der Waals surface area contributed by atoms with Crippen molar-refractivity contribution in [1.29, 1.82) is 0 Å². The molecule has 0 amide bonds. The van der Waals surface area contributed by atoms with Gasteiger partial charge in [0.15, 0.2) is 0 Å². The molecule has 0 spiro atoms. The third kappa shape index (κ3) is 3.38. The van der Waals surface area contributed by atoms with E-state index in [0.29, 0.717) is 0 Å². The van der Waals surface area contributed by atoms with Crippen molar-refractivity contribution >= 4 is 11.6 Å². The molecule has 2 heterocycles. The average Bonchev–Trinajstić information content (AvgIpc) is 2.81. The smallest absolute Gasteiger partial charge is 0.103 e. The lowest BCUT2D eigenvalue weighted by Crippen LogP contribution is -2.04. The van der Waals surface area contributed by atoms with Gasteiger partial charge >= 0.3 is 0 Å².